The molecule has 1 aliphatic heterocycles. The molecule has 1 aliphatic rings. The number of aliphatic hydroxyl groups is 1. The van der Waals surface area contributed by atoms with Crippen LogP contribution in [0, 0.1) is 0 Å². The number of rotatable bonds is 7. The van der Waals surface area contributed by atoms with Gasteiger partial charge in [-0.3, -0.25) is 9.69 Å². The SMILES string of the molecule is CC(C)N(CCCO)CC(=O)NC1CCOCC1. The van der Waals surface area contributed by atoms with Gasteiger partial charge in [0.05, 0.1) is 6.54 Å². The molecule has 1 saturated heterocycles. The summed E-state index contributed by atoms with van der Waals surface area (Å²) in [4.78, 5) is 14.0. The Hall–Kier alpha value is -0.650. The van der Waals surface area contributed by atoms with Crippen LogP contribution in [0.4, 0.5) is 0 Å². The maximum Gasteiger partial charge on any atom is 0.234 e. The Morgan fingerprint density at radius 1 is 1.44 bits per heavy atom. The van der Waals surface area contributed by atoms with E-state index >= 15 is 0 Å². The monoisotopic (exact) mass is 258 g/mol. The largest absolute Gasteiger partial charge is 0.396 e. The highest BCUT2D eigenvalue weighted by molar-refractivity contribution is 5.78. The predicted molar refractivity (Wildman–Crippen MR) is 70.4 cm³/mol. The van der Waals surface area contributed by atoms with Crippen molar-refractivity contribution < 1.29 is 14.6 Å². The zero-order chi connectivity index (χ0) is 13.4. The van der Waals surface area contributed by atoms with Gasteiger partial charge in [-0.05, 0) is 33.1 Å². The molecule has 5 nitrogen and oxygen atoms in total. The molecule has 0 aromatic rings. The van der Waals surface area contributed by atoms with Crippen molar-refractivity contribution >= 4 is 5.91 Å². The number of carbonyl (C=O) groups is 1. The van der Waals surface area contributed by atoms with Crippen molar-refractivity contribution in [1.29, 1.82) is 0 Å². The van der Waals surface area contributed by atoms with Gasteiger partial charge in [0, 0.05) is 38.4 Å². The minimum absolute atomic E-state index is 0.0774. The molecule has 1 amide bonds. The molecule has 1 rings (SSSR count). The van der Waals surface area contributed by atoms with Crippen molar-refractivity contribution in [3.8, 4) is 0 Å². The fraction of sp³-hybridized carbons (Fsp3) is 0.923. The lowest BCUT2D eigenvalue weighted by Gasteiger charge is -2.28. The molecular weight excluding hydrogens is 232 g/mol. The highest BCUT2D eigenvalue weighted by atomic mass is 16.5. The van der Waals surface area contributed by atoms with E-state index in [2.05, 4.69) is 24.1 Å². The maximum atomic E-state index is 11.9. The summed E-state index contributed by atoms with van der Waals surface area (Å²) in [6, 6.07) is 0.579. The van der Waals surface area contributed by atoms with E-state index in [4.69, 9.17) is 9.84 Å². The number of carbonyl (C=O) groups excluding carboxylic acids is 1. The van der Waals surface area contributed by atoms with Crippen LogP contribution < -0.4 is 5.32 Å². The first-order chi connectivity index (χ1) is 8.63. The second-order valence-electron chi connectivity index (χ2n) is 5.10. The molecule has 0 unspecified atom stereocenters. The first kappa shape index (κ1) is 15.4. The molecule has 0 saturated carbocycles. The fourth-order valence-corrected chi connectivity index (χ4v) is 2.09. The molecule has 1 fully saturated rings. The summed E-state index contributed by atoms with van der Waals surface area (Å²) < 4.78 is 5.26. The number of aliphatic hydroxyl groups excluding tert-OH is 1. The summed E-state index contributed by atoms with van der Waals surface area (Å²) in [5, 5.41) is 11.9. The van der Waals surface area contributed by atoms with E-state index in [0.717, 1.165) is 32.6 Å². The lowest BCUT2D eigenvalue weighted by molar-refractivity contribution is -0.124. The van der Waals surface area contributed by atoms with Gasteiger partial charge in [0.25, 0.3) is 0 Å². The zero-order valence-electron chi connectivity index (χ0n) is 11.5. The van der Waals surface area contributed by atoms with E-state index < -0.39 is 0 Å². The molecule has 0 radical (unpaired) electrons. The van der Waals surface area contributed by atoms with Gasteiger partial charge in [-0.1, -0.05) is 0 Å². The van der Waals surface area contributed by atoms with Crippen molar-refractivity contribution in [2.75, 3.05) is 32.9 Å². The Morgan fingerprint density at radius 3 is 2.67 bits per heavy atom. The molecule has 0 atom stereocenters. The van der Waals surface area contributed by atoms with E-state index in [-0.39, 0.29) is 18.6 Å². The van der Waals surface area contributed by atoms with Gasteiger partial charge in [0.2, 0.25) is 5.91 Å². The van der Waals surface area contributed by atoms with E-state index in [9.17, 15) is 4.79 Å². The Balaban J connectivity index is 2.30. The van der Waals surface area contributed by atoms with Gasteiger partial charge in [0.15, 0.2) is 0 Å². The minimum Gasteiger partial charge on any atom is -0.396 e. The third-order valence-electron chi connectivity index (χ3n) is 3.27. The topological polar surface area (TPSA) is 61.8 Å². The molecule has 5 heteroatoms. The van der Waals surface area contributed by atoms with Crippen molar-refractivity contribution in [2.24, 2.45) is 0 Å². The molecule has 0 bridgehead atoms. The molecule has 0 aliphatic carbocycles. The first-order valence-electron chi connectivity index (χ1n) is 6.85. The summed E-state index contributed by atoms with van der Waals surface area (Å²) in [6.45, 7) is 6.96. The van der Waals surface area contributed by atoms with Gasteiger partial charge < -0.3 is 15.2 Å². The molecule has 0 aromatic carbocycles. The molecular formula is C13H26N2O3. The highest BCUT2D eigenvalue weighted by Crippen LogP contribution is 2.06. The van der Waals surface area contributed by atoms with Crippen LogP contribution >= 0.6 is 0 Å². The van der Waals surface area contributed by atoms with E-state index in [1.54, 1.807) is 0 Å². The van der Waals surface area contributed by atoms with Crippen LogP contribution in [0.3, 0.4) is 0 Å². The average molecular weight is 258 g/mol. The Kier molecular flexibility index (Phi) is 7.23. The Labute approximate surface area is 109 Å². The Bertz CT molecular complexity index is 240. The van der Waals surface area contributed by atoms with Gasteiger partial charge >= 0.3 is 0 Å². The lowest BCUT2D eigenvalue weighted by Crippen LogP contribution is -2.46. The van der Waals surface area contributed by atoms with Crippen LogP contribution in [0.2, 0.25) is 0 Å². The number of hydrogen-bond acceptors (Lipinski definition) is 4. The number of hydrogen-bond donors (Lipinski definition) is 2. The van der Waals surface area contributed by atoms with E-state index in [0.29, 0.717) is 19.0 Å². The number of ether oxygens (including phenoxy) is 1. The van der Waals surface area contributed by atoms with Gasteiger partial charge in [0.1, 0.15) is 0 Å². The van der Waals surface area contributed by atoms with Gasteiger partial charge in [-0.25, -0.2) is 0 Å². The van der Waals surface area contributed by atoms with E-state index in [1.165, 1.54) is 0 Å². The van der Waals surface area contributed by atoms with Crippen molar-refractivity contribution in [1.82, 2.24) is 10.2 Å². The quantitative estimate of drug-likeness (QED) is 0.693. The zero-order valence-corrected chi connectivity index (χ0v) is 11.5. The smallest absolute Gasteiger partial charge is 0.234 e. The predicted octanol–water partition coefficient (Wildman–Crippen LogP) is 0.374. The summed E-state index contributed by atoms with van der Waals surface area (Å²) in [6.07, 6.45) is 2.52. The van der Waals surface area contributed by atoms with Crippen LogP contribution in [0.15, 0.2) is 0 Å². The second kappa shape index (κ2) is 8.45. The summed E-state index contributed by atoms with van der Waals surface area (Å²) in [5.74, 6) is 0.0774. The van der Waals surface area contributed by atoms with Gasteiger partial charge in [-0.15, -0.1) is 0 Å². The maximum absolute atomic E-state index is 11.9. The van der Waals surface area contributed by atoms with Crippen LogP contribution in [-0.2, 0) is 9.53 Å². The molecule has 2 N–H and O–H groups in total. The summed E-state index contributed by atoms with van der Waals surface area (Å²) in [5.41, 5.74) is 0. The highest BCUT2D eigenvalue weighted by Gasteiger charge is 2.18. The van der Waals surface area contributed by atoms with Crippen LogP contribution in [-0.4, -0.2) is 60.9 Å². The molecule has 106 valence electrons. The minimum atomic E-state index is 0.0774. The Morgan fingerprint density at radius 2 is 2.11 bits per heavy atom. The normalized spacial score (nSPS) is 17.4. The molecule has 0 spiro atoms. The third-order valence-corrected chi connectivity index (χ3v) is 3.27. The number of nitrogens with one attached hydrogen (secondary N) is 1. The van der Waals surface area contributed by atoms with Gasteiger partial charge in [-0.2, -0.15) is 0 Å². The third kappa shape index (κ3) is 5.80. The fourth-order valence-electron chi connectivity index (χ4n) is 2.09. The van der Waals surface area contributed by atoms with Crippen LogP contribution in [0.1, 0.15) is 33.1 Å². The van der Waals surface area contributed by atoms with Crippen molar-refractivity contribution in [2.45, 2.75) is 45.2 Å². The molecule has 1 heterocycles. The average Bonchev–Trinajstić information content (AvgIpc) is 2.35. The lowest BCUT2D eigenvalue weighted by atomic mass is 10.1. The summed E-state index contributed by atoms with van der Waals surface area (Å²) >= 11 is 0. The first-order valence-corrected chi connectivity index (χ1v) is 6.85. The van der Waals surface area contributed by atoms with Crippen molar-refractivity contribution in [3.63, 3.8) is 0 Å². The number of amides is 1. The second-order valence-corrected chi connectivity index (χ2v) is 5.10. The number of nitrogens with zero attached hydrogens (tertiary/aromatic N) is 1. The van der Waals surface area contributed by atoms with Crippen LogP contribution in [0.5, 0.6) is 0 Å². The summed E-state index contributed by atoms with van der Waals surface area (Å²) in [7, 11) is 0. The molecule has 18 heavy (non-hydrogen) atoms. The van der Waals surface area contributed by atoms with E-state index in [1.807, 2.05) is 0 Å². The standard InChI is InChI=1S/C13H26N2O3/c1-11(2)15(6-3-7-16)10-13(17)14-12-4-8-18-9-5-12/h11-12,16H,3-10H2,1-2H3,(H,14,17). The van der Waals surface area contributed by atoms with Crippen molar-refractivity contribution in [3.05, 3.63) is 0 Å². The molecule has 0 aromatic heterocycles. The van der Waals surface area contributed by atoms with Crippen LogP contribution in [0.25, 0.3) is 0 Å².